The number of carbonyl (C=O) groups is 2. The summed E-state index contributed by atoms with van der Waals surface area (Å²) >= 11 is 0. The molecule has 2 amide bonds. The zero-order valence-corrected chi connectivity index (χ0v) is 19.2. The fourth-order valence-electron chi connectivity index (χ4n) is 4.10. The fourth-order valence-corrected chi connectivity index (χ4v) is 4.10. The highest BCUT2D eigenvalue weighted by molar-refractivity contribution is 5.97. The molecule has 0 radical (unpaired) electrons. The van der Waals surface area contributed by atoms with Gasteiger partial charge in [-0.25, -0.2) is 0 Å². The van der Waals surface area contributed by atoms with Crippen LogP contribution in [-0.4, -0.2) is 53.8 Å². The lowest BCUT2D eigenvalue weighted by molar-refractivity contribution is -0.134. The summed E-state index contributed by atoms with van der Waals surface area (Å²) in [6.07, 6.45) is 0.939. The molecule has 1 saturated heterocycles. The predicted molar refractivity (Wildman–Crippen MR) is 125 cm³/mol. The maximum absolute atomic E-state index is 13.3. The van der Waals surface area contributed by atoms with Crippen molar-refractivity contribution in [1.82, 2.24) is 15.1 Å². The lowest BCUT2D eigenvalue weighted by Gasteiger charge is -2.29. The third-order valence-electron chi connectivity index (χ3n) is 6.05. The summed E-state index contributed by atoms with van der Waals surface area (Å²) in [6.45, 7) is 12.2. The third kappa shape index (κ3) is 6.17. The molecule has 1 N–H and O–H groups in total. The normalized spacial score (nSPS) is 16.1. The molecule has 0 saturated carbocycles. The van der Waals surface area contributed by atoms with Crippen molar-refractivity contribution in [2.24, 2.45) is 5.92 Å². The quantitative estimate of drug-likeness (QED) is 0.772. The average molecular weight is 422 g/mol. The summed E-state index contributed by atoms with van der Waals surface area (Å²) in [5.41, 5.74) is 4.27. The number of nitrogens with zero attached hydrogens (tertiary/aromatic N) is 2. The standard InChI is InChI=1S/C26H35N3O2/c1-19(2)24(27-25(30)22-12-7-9-20(3)17-22)26(31)29-14-8-13-28(15-16-29)18-23-11-6-5-10-21(23)4/h5-7,9-12,17,19,24H,8,13-16,18H2,1-4H3,(H,27,30). The van der Waals surface area contributed by atoms with Crippen LogP contribution in [0.3, 0.4) is 0 Å². The molecule has 1 heterocycles. The Morgan fingerprint density at radius 2 is 1.74 bits per heavy atom. The number of amides is 2. The first-order chi connectivity index (χ1) is 14.8. The van der Waals surface area contributed by atoms with Crippen molar-refractivity contribution in [3.63, 3.8) is 0 Å². The number of nitrogens with one attached hydrogen (secondary N) is 1. The van der Waals surface area contributed by atoms with Gasteiger partial charge < -0.3 is 10.2 Å². The molecule has 1 atom stereocenters. The minimum atomic E-state index is -0.518. The smallest absolute Gasteiger partial charge is 0.251 e. The number of hydrogen-bond donors (Lipinski definition) is 1. The van der Waals surface area contributed by atoms with E-state index in [1.54, 1.807) is 6.07 Å². The second-order valence-electron chi connectivity index (χ2n) is 8.95. The molecule has 2 aromatic carbocycles. The molecule has 1 fully saturated rings. The van der Waals surface area contributed by atoms with Crippen LogP contribution in [0.1, 0.15) is 47.3 Å². The maximum Gasteiger partial charge on any atom is 0.251 e. The lowest BCUT2D eigenvalue weighted by atomic mass is 10.0. The molecule has 5 heteroatoms. The van der Waals surface area contributed by atoms with Crippen LogP contribution in [0.15, 0.2) is 48.5 Å². The lowest BCUT2D eigenvalue weighted by Crippen LogP contribution is -2.52. The van der Waals surface area contributed by atoms with Gasteiger partial charge in [-0.1, -0.05) is 55.8 Å². The summed E-state index contributed by atoms with van der Waals surface area (Å²) < 4.78 is 0. The minimum Gasteiger partial charge on any atom is -0.340 e. The topological polar surface area (TPSA) is 52.7 Å². The Kier molecular flexibility index (Phi) is 7.85. The van der Waals surface area contributed by atoms with E-state index in [1.807, 2.05) is 43.9 Å². The summed E-state index contributed by atoms with van der Waals surface area (Å²) in [5, 5.41) is 2.99. The van der Waals surface area contributed by atoms with Gasteiger partial charge in [-0.15, -0.1) is 0 Å². The number of benzene rings is 2. The van der Waals surface area contributed by atoms with E-state index in [4.69, 9.17) is 0 Å². The Morgan fingerprint density at radius 1 is 0.968 bits per heavy atom. The van der Waals surface area contributed by atoms with Gasteiger partial charge in [0.1, 0.15) is 6.04 Å². The Morgan fingerprint density at radius 3 is 2.45 bits per heavy atom. The van der Waals surface area contributed by atoms with Crippen molar-refractivity contribution >= 4 is 11.8 Å². The molecule has 5 nitrogen and oxygen atoms in total. The van der Waals surface area contributed by atoms with Crippen molar-refractivity contribution in [3.05, 3.63) is 70.8 Å². The van der Waals surface area contributed by atoms with E-state index in [1.165, 1.54) is 11.1 Å². The molecular weight excluding hydrogens is 386 g/mol. The van der Waals surface area contributed by atoms with Gasteiger partial charge >= 0.3 is 0 Å². The number of aryl methyl sites for hydroxylation is 2. The van der Waals surface area contributed by atoms with Crippen molar-refractivity contribution in [1.29, 1.82) is 0 Å². The maximum atomic E-state index is 13.3. The van der Waals surface area contributed by atoms with Gasteiger partial charge in [0, 0.05) is 38.3 Å². The van der Waals surface area contributed by atoms with E-state index >= 15 is 0 Å². The van der Waals surface area contributed by atoms with Crippen molar-refractivity contribution in [2.75, 3.05) is 26.2 Å². The molecule has 166 valence electrons. The molecule has 0 bridgehead atoms. The highest BCUT2D eigenvalue weighted by atomic mass is 16.2. The summed E-state index contributed by atoms with van der Waals surface area (Å²) in [4.78, 5) is 30.5. The van der Waals surface area contributed by atoms with E-state index in [0.717, 1.165) is 38.2 Å². The number of carbonyl (C=O) groups excluding carboxylic acids is 2. The van der Waals surface area contributed by atoms with E-state index in [-0.39, 0.29) is 17.7 Å². The van der Waals surface area contributed by atoms with Crippen LogP contribution in [0.25, 0.3) is 0 Å². The van der Waals surface area contributed by atoms with Crippen LogP contribution < -0.4 is 5.32 Å². The SMILES string of the molecule is Cc1cccc(C(=O)NC(C(=O)N2CCCN(Cc3ccccc3C)CC2)C(C)C)c1. The highest BCUT2D eigenvalue weighted by Gasteiger charge is 2.30. The largest absolute Gasteiger partial charge is 0.340 e. The molecule has 3 rings (SSSR count). The molecule has 1 unspecified atom stereocenters. The summed E-state index contributed by atoms with van der Waals surface area (Å²) in [6, 6.07) is 15.4. The molecule has 0 aromatic heterocycles. The van der Waals surface area contributed by atoms with Crippen molar-refractivity contribution in [2.45, 2.75) is 46.7 Å². The van der Waals surface area contributed by atoms with E-state index in [2.05, 4.69) is 41.4 Å². The zero-order valence-electron chi connectivity index (χ0n) is 19.2. The first-order valence-electron chi connectivity index (χ1n) is 11.3. The Labute approximate surface area is 186 Å². The van der Waals surface area contributed by atoms with Crippen LogP contribution >= 0.6 is 0 Å². The second kappa shape index (κ2) is 10.6. The van der Waals surface area contributed by atoms with Crippen molar-refractivity contribution < 1.29 is 9.59 Å². The number of hydrogen-bond acceptors (Lipinski definition) is 3. The summed E-state index contributed by atoms with van der Waals surface area (Å²) in [5.74, 6) is -0.145. The molecule has 0 aliphatic carbocycles. The van der Waals surface area contributed by atoms with Gasteiger partial charge in [0.2, 0.25) is 5.91 Å². The average Bonchev–Trinajstić information content (AvgIpc) is 2.98. The Balaban J connectivity index is 1.62. The van der Waals surface area contributed by atoms with Gasteiger partial charge in [-0.2, -0.15) is 0 Å². The van der Waals surface area contributed by atoms with Crippen LogP contribution in [-0.2, 0) is 11.3 Å². The molecular formula is C26H35N3O2. The van der Waals surface area contributed by atoms with Crippen LogP contribution in [0.2, 0.25) is 0 Å². The van der Waals surface area contributed by atoms with E-state index in [0.29, 0.717) is 12.1 Å². The molecule has 1 aliphatic heterocycles. The molecule has 1 aliphatic rings. The molecule has 0 spiro atoms. The Hall–Kier alpha value is -2.66. The highest BCUT2D eigenvalue weighted by Crippen LogP contribution is 2.15. The van der Waals surface area contributed by atoms with E-state index in [9.17, 15) is 9.59 Å². The minimum absolute atomic E-state index is 0.0209. The monoisotopic (exact) mass is 421 g/mol. The zero-order chi connectivity index (χ0) is 22.4. The van der Waals surface area contributed by atoms with Crippen LogP contribution in [0, 0.1) is 19.8 Å². The Bertz CT molecular complexity index is 909. The predicted octanol–water partition coefficient (Wildman–Crippen LogP) is 3.79. The van der Waals surface area contributed by atoms with Gasteiger partial charge in [-0.3, -0.25) is 14.5 Å². The first kappa shape index (κ1) is 23.0. The molecule has 2 aromatic rings. The summed E-state index contributed by atoms with van der Waals surface area (Å²) in [7, 11) is 0. The van der Waals surface area contributed by atoms with Crippen LogP contribution in [0.4, 0.5) is 0 Å². The van der Waals surface area contributed by atoms with Gasteiger partial charge in [0.25, 0.3) is 5.91 Å². The first-order valence-corrected chi connectivity index (χ1v) is 11.3. The van der Waals surface area contributed by atoms with Gasteiger partial charge in [0.05, 0.1) is 0 Å². The van der Waals surface area contributed by atoms with Crippen LogP contribution in [0.5, 0.6) is 0 Å². The third-order valence-corrected chi connectivity index (χ3v) is 6.05. The second-order valence-corrected chi connectivity index (χ2v) is 8.95. The molecule has 31 heavy (non-hydrogen) atoms. The van der Waals surface area contributed by atoms with Gasteiger partial charge in [0.15, 0.2) is 0 Å². The van der Waals surface area contributed by atoms with Crippen molar-refractivity contribution in [3.8, 4) is 0 Å². The van der Waals surface area contributed by atoms with E-state index < -0.39 is 6.04 Å². The van der Waals surface area contributed by atoms with Gasteiger partial charge in [-0.05, 0) is 49.4 Å². The number of rotatable bonds is 6. The fraction of sp³-hybridized carbons (Fsp3) is 0.462.